The maximum absolute atomic E-state index is 5.66. The van der Waals surface area contributed by atoms with Gasteiger partial charge < -0.3 is 4.90 Å². The minimum Gasteiger partial charge on any atom is -0.352 e. The molecule has 5 aliphatic rings. The number of benzene rings is 4. The van der Waals surface area contributed by atoms with Gasteiger partial charge in [0.25, 0.3) is 0 Å². The molecule has 2 heteroatoms. The summed E-state index contributed by atoms with van der Waals surface area (Å²) in [5, 5.41) is 0. The summed E-state index contributed by atoms with van der Waals surface area (Å²) >= 11 is 0. The maximum atomic E-state index is 5.66. The zero-order chi connectivity index (χ0) is 34.4. The van der Waals surface area contributed by atoms with Crippen molar-refractivity contribution in [3.05, 3.63) is 166 Å². The Bertz CT molecular complexity index is 2190. The van der Waals surface area contributed by atoms with Gasteiger partial charge in [-0.25, -0.2) is 4.99 Å². The molecule has 0 fully saturated rings. The number of hydrogen-bond donors (Lipinski definition) is 0. The van der Waals surface area contributed by atoms with E-state index in [9.17, 15) is 0 Å². The summed E-state index contributed by atoms with van der Waals surface area (Å²) in [6.07, 6.45) is 13.0. The standard InChI is InChI=1S/C48H48N2/c1-30-26-32(31-14-8-7-9-15-31)20-23-35(30)46-49-44(33-21-24-38-36-16-10-12-18-40(36)47(2,3)42(38)27-33)29-45(50(46)6)34-22-25-39-37-17-11-13-19-41(37)48(4,5)43(39)28-34/h7-19,21-22,24-26,28-30,35,42,45H,20,23,27H2,1-6H3. The maximum Gasteiger partial charge on any atom is 0.109 e. The molecule has 4 atom stereocenters. The van der Waals surface area contributed by atoms with Gasteiger partial charge in [-0.3, -0.25) is 0 Å². The van der Waals surface area contributed by atoms with E-state index in [2.05, 4.69) is 168 Å². The number of hydrogen-bond acceptors (Lipinski definition) is 2. The molecule has 0 saturated carbocycles. The summed E-state index contributed by atoms with van der Waals surface area (Å²) in [7, 11) is 2.29. The van der Waals surface area contributed by atoms with E-state index in [1.807, 2.05) is 0 Å². The SMILES string of the molecule is CC1C=C(c2ccccc2)CCC1C1=NC(C2=CC=C3c4ccccc4C(C)(C)C3C2)=CC(c2ccc3c(c2)C(C)(C)c2ccccc2-3)N1C. The topological polar surface area (TPSA) is 15.6 Å². The quantitative estimate of drug-likeness (QED) is 0.214. The van der Waals surface area contributed by atoms with E-state index in [-0.39, 0.29) is 16.9 Å². The second kappa shape index (κ2) is 11.4. The highest BCUT2D eigenvalue weighted by atomic mass is 15.2. The van der Waals surface area contributed by atoms with E-state index < -0.39 is 0 Å². The fourth-order valence-electron chi connectivity index (χ4n) is 10.0. The van der Waals surface area contributed by atoms with Crippen LogP contribution in [0.5, 0.6) is 0 Å². The molecule has 0 aromatic heterocycles. The van der Waals surface area contributed by atoms with Crippen molar-refractivity contribution in [3.63, 3.8) is 0 Å². The van der Waals surface area contributed by atoms with Gasteiger partial charge in [-0.1, -0.05) is 150 Å². The minimum absolute atomic E-state index is 0.0364. The predicted octanol–water partition coefficient (Wildman–Crippen LogP) is 11.7. The van der Waals surface area contributed by atoms with Crippen molar-refractivity contribution in [2.24, 2.45) is 22.7 Å². The second-order valence-electron chi connectivity index (χ2n) is 16.5. The van der Waals surface area contributed by atoms with Gasteiger partial charge >= 0.3 is 0 Å². The van der Waals surface area contributed by atoms with Gasteiger partial charge in [0.2, 0.25) is 0 Å². The van der Waals surface area contributed by atoms with Crippen LogP contribution in [0.1, 0.15) is 93.3 Å². The molecule has 0 bridgehead atoms. The lowest BCUT2D eigenvalue weighted by Gasteiger charge is -2.40. The van der Waals surface area contributed by atoms with E-state index in [4.69, 9.17) is 4.99 Å². The molecular formula is C48H48N2. The molecule has 9 rings (SSSR count). The van der Waals surface area contributed by atoms with Crippen LogP contribution in [0.4, 0.5) is 0 Å². The zero-order valence-corrected chi connectivity index (χ0v) is 30.4. The van der Waals surface area contributed by atoms with Crippen LogP contribution in [0.2, 0.25) is 0 Å². The largest absolute Gasteiger partial charge is 0.352 e. The first-order valence-corrected chi connectivity index (χ1v) is 18.7. The smallest absolute Gasteiger partial charge is 0.109 e. The first-order valence-electron chi connectivity index (χ1n) is 18.7. The highest BCUT2D eigenvalue weighted by Gasteiger charge is 2.44. The summed E-state index contributed by atoms with van der Waals surface area (Å²) in [6.45, 7) is 12.0. The highest BCUT2D eigenvalue weighted by molar-refractivity contribution is 5.90. The Hall–Kier alpha value is -4.69. The van der Waals surface area contributed by atoms with Gasteiger partial charge in [-0.2, -0.15) is 0 Å². The fourth-order valence-corrected chi connectivity index (χ4v) is 10.0. The Morgan fingerprint density at radius 2 is 1.40 bits per heavy atom. The third kappa shape index (κ3) is 4.71. The van der Waals surface area contributed by atoms with Crippen molar-refractivity contribution in [3.8, 4) is 11.1 Å². The number of likely N-dealkylation sites (N-methyl/N-ethyl adjacent to an activating group) is 1. The summed E-state index contributed by atoms with van der Waals surface area (Å²) in [5.74, 6) is 2.43. The first kappa shape index (κ1) is 31.3. The van der Waals surface area contributed by atoms with Crippen molar-refractivity contribution in [2.75, 3.05) is 7.05 Å². The molecule has 250 valence electrons. The molecular weight excluding hydrogens is 605 g/mol. The van der Waals surface area contributed by atoms with Crippen molar-refractivity contribution in [1.82, 2.24) is 4.90 Å². The molecule has 2 nitrogen and oxygen atoms in total. The van der Waals surface area contributed by atoms with Gasteiger partial charge in [0, 0.05) is 18.4 Å². The molecule has 4 aromatic rings. The summed E-state index contributed by atoms with van der Waals surface area (Å²) in [5.41, 5.74) is 16.8. The van der Waals surface area contributed by atoms with Crippen LogP contribution < -0.4 is 0 Å². The van der Waals surface area contributed by atoms with E-state index in [0.29, 0.717) is 17.8 Å². The monoisotopic (exact) mass is 652 g/mol. The average molecular weight is 653 g/mol. The van der Waals surface area contributed by atoms with Crippen molar-refractivity contribution >= 4 is 17.0 Å². The van der Waals surface area contributed by atoms with Gasteiger partial charge in [0.15, 0.2) is 0 Å². The number of rotatable bonds is 4. The minimum atomic E-state index is -0.0364. The van der Waals surface area contributed by atoms with Gasteiger partial charge in [0.1, 0.15) is 5.84 Å². The van der Waals surface area contributed by atoms with Crippen molar-refractivity contribution < 1.29 is 0 Å². The van der Waals surface area contributed by atoms with Crippen LogP contribution in [0, 0.1) is 17.8 Å². The van der Waals surface area contributed by atoms with Crippen LogP contribution >= 0.6 is 0 Å². The third-order valence-corrected chi connectivity index (χ3v) is 13.0. The molecule has 0 saturated heterocycles. The fraction of sp³-hybridized carbons (Fsp3) is 0.312. The van der Waals surface area contributed by atoms with E-state index in [1.54, 1.807) is 0 Å². The number of amidine groups is 1. The van der Waals surface area contributed by atoms with E-state index >= 15 is 0 Å². The van der Waals surface area contributed by atoms with Crippen molar-refractivity contribution in [1.29, 1.82) is 0 Å². The lowest BCUT2D eigenvalue weighted by atomic mass is 9.72. The molecule has 1 aliphatic heterocycles. The molecule has 1 heterocycles. The van der Waals surface area contributed by atoms with Crippen LogP contribution in [0.15, 0.2) is 138 Å². The van der Waals surface area contributed by atoms with Crippen LogP contribution in [0.25, 0.3) is 22.3 Å². The van der Waals surface area contributed by atoms with Gasteiger partial charge in [-0.05, 0) is 104 Å². The van der Waals surface area contributed by atoms with E-state index in [1.165, 1.54) is 72.8 Å². The average Bonchev–Trinajstić information content (AvgIpc) is 3.51. The van der Waals surface area contributed by atoms with Crippen molar-refractivity contribution in [2.45, 2.75) is 70.8 Å². The number of fused-ring (bicyclic) bond motifs is 6. The Morgan fingerprint density at radius 1 is 0.700 bits per heavy atom. The Balaban J connectivity index is 1.13. The molecule has 0 amide bonds. The van der Waals surface area contributed by atoms with E-state index in [0.717, 1.165) is 19.3 Å². The van der Waals surface area contributed by atoms with Crippen LogP contribution in [-0.2, 0) is 10.8 Å². The lowest BCUT2D eigenvalue weighted by Crippen LogP contribution is -2.41. The lowest BCUT2D eigenvalue weighted by molar-refractivity contribution is 0.365. The molecule has 4 aliphatic carbocycles. The molecule has 0 spiro atoms. The Morgan fingerprint density at radius 3 is 2.18 bits per heavy atom. The zero-order valence-electron chi connectivity index (χ0n) is 30.4. The van der Waals surface area contributed by atoms with Crippen LogP contribution in [0.3, 0.4) is 0 Å². The number of allylic oxidation sites excluding steroid dienone is 6. The molecule has 4 unspecified atom stereocenters. The number of aliphatic imine (C=N–C) groups is 1. The predicted molar refractivity (Wildman–Crippen MR) is 210 cm³/mol. The Kier molecular flexibility index (Phi) is 7.15. The molecule has 50 heavy (non-hydrogen) atoms. The summed E-state index contributed by atoms with van der Waals surface area (Å²) in [6, 6.07) is 36.3. The molecule has 0 N–H and O–H groups in total. The first-order chi connectivity index (χ1) is 24.1. The molecule has 4 aromatic carbocycles. The summed E-state index contributed by atoms with van der Waals surface area (Å²) < 4.78 is 0. The van der Waals surface area contributed by atoms with Gasteiger partial charge in [-0.15, -0.1) is 0 Å². The second-order valence-corrected chi connectivity index (χ2v) is 16.5. The van der Waals surface area contributed by atoms with Gasteiger partial charge in [0.05, 0.1) is 11.7 Å². The number of nitrogens with zero attached hydrogens (tertiary/aromatic N) is 2. The highest BCUT2D eigenvalue weighted by Crippen LogP contribution is 2.55. The normalized spacial score (nSPS) is 25.6. The Labute approximate surface area is 298 Å². The van der Waals surface area contributed by atoms with Crippen LogP contribution in [-0.4, -0.2) is 17.8 Å². The third-order valence-electron chi connectivity index (χ3n) is 13.0. The summed E-state index contributed by atoms with van der Waals surface area (Å²) in [4.78, 5) is 8.16. The molecule has 0 radical (unpaired) electrons.